The average Bonchev–Trinajstić information content (AvgIpc) is 2.67. The number of nitrogens with zero attached hydrogens (tertiary/aromatic N) is 2. The maximum atomic E-state index is 12.7. The molecular weight excluding hydrogens is 472 g/mol. The van der Waals surface area contributed by atoms with Crippen molar-refractivity contribution in [3.63, 3.8) is 0 Å². The summed E-state index contributed by atoms with van der Waals surface area (Å²) in [7, 11) is 0. The standard InChI is InChI=1S/C17H18BrClN4O2S2/c1-26-8-7-13(15(24)21-11-5-3-10(18)4-6-11)22-16(25)14-12(19)9-20-17(23-14)27-2/h3-6,9,13H,7-8H2,1-2H3,(H,21,24)(H,22,25)/t13-/m0/s1. The molecule has 0 bridgehead atoms. The van der Waals surface area contributed by atoms with Crippen LogP contribution in [0, 0.1) is 0 Å². The lowest BCUT2D eigenvalue weighted by Crippen LogP contribution is -2.44. The van der Waals surface area contributed by atoms with Gasteiger partial charge in [0.15, 0.2) is 10.9 Å². The molecule has 0 unspecified atom stereocenters. The molecule has 1 aromatic heterocycles. The molecule has 2 N–H and O–H groups in total. The number of carbonyl (C=O) groups is 2. The fourth-order valence-electron chi connectivity index (χ4n) is 2.10. The first-order valence-corrected chi connectivity index (χ1v) is 11.7. The van der Waals surface area contributed by atoms with Gasteiger partial charge in [-0.05, 0) is 49.0 Å². The zero-order valence-electron chi connectivity index (χ0n) is 14.7. The lowest BCUT2D eigenvalue weighted by Gasteiger charge is -2.18. The summed E-state index contributed by atoms with van der Waals surface area (Å²) in [5.74, 6) is -0.0866. The molecular formula is C17H18BrClN4O2S2. The van der Waals surface area contributed by atoms with Crippen LogP contribution in [0.1, 0.15) is 16.9 Å². The molecule has 27 heavy (non-hydrogen) atoms. The largest absolute Gasteiger partial charge is 0.339 e. The van der Waals surface area contributed by atoms with Crippen molar-refractivity contribution < 1.29 is 9.59 Å². The van der Waals surface area contributed by atoms with Crippen LogP contribution in [0.25, 0.3) is 0 Å². The molecule has 0 saturated carbocycles. The van der Waals surface area contributed by atoms with Crippen molar-refractivity contribution in [3.8, 4) is 0 Å². The molecule has 0 aliphatic carbocycles. The van der Waals surface area contributed by atoms with Gasteiger partial charge in [0.05, 0.1) is 11.2 Å². The molecule has 0 aliphatic heterocycles. The Morgan fingerprint density at radius 1 is 1.26 bits per heavy atom. The number of nitrogens with one attached hydrogen (secondary N) is 2. The normalized spacial score (nSPS) is 11.7. The first kappa shape index (κ1) is 22.0. The molecule has 1 heterocycles. The number of hydrogen-bond acceptors (Lipinski definition) is 6. The summed E-state index contributed by atoms with van der Waals surface area (Å²) in [6.07, 6.45) is 5.61. The van der Waals surface area contributed by atoms with Crippen molar-refractivity contribution in [1.82, 2.24) is 15.3 Å². The van der Waals surface area contributed by atoms with Gasteiger partial charge in [-0.2, -0.15) is 11.8 Å². The van der Waals surface area contributed by atoms with Crippen LogP contribution in [0.15, 0.2) is 40.1 Å². The van der Waals surface area contributed by atoms with Crippen molar-refractivity contribution in [2.24, 2.45) is 0 Å². The molecule has 6 nitrogen and oxygen atoms in total. The van der Waals surface area contributed by atoms with Gasteiger partial charge in [0.1, 0.15) is 6.04 Å². The fourth-order valence-corrected chi connectivity index (χ4v) is 3.36. The quantitative estimate of drug-likeness (QED) is 0.429. The number of amides is 2. The zero-order valence-corrected chi connectivity index (χ0v) is 18.6. The Hall–Kier alpha value is -1.29. The highest BCUT2D eigenvalue weighted by Crippen LogP contribution is 2.18. The molecule has 2 rings (SSSR count). The Kier molecular flexibility index (Phi) is 8.88. The molecule has 0 spiro atoms. The van der Waals surface area contributed by atoms with Gasteiger partial charge in [-0.15, -0.1) is 0 Å². The number of rotatable bonds is 8. The van der Waals surface area contributed by atoms with Crippen LogP contribution in [0.3, 0.4) is 0 Å². The number of carbonyl (C=O) groups excluding carboxylic acids is 2. The summed E-state index contributed by atoms with van der Waals surface area (Å²) < 4.78 is 0.913. The topological polar surface area (TPSA) is 84.0 Å². The molecule has 10 heteroatoms. The summed E-state index contributed by atoms with van der Waals surface area (Å²) in [6, 6.07) is 6.51. The zero-order chi connectivity index (χ0) is 19.8. The minimum absolute atomic E-state index is 0.0570. The van der Waals surface area contributed by atoms with Gasteiger partial charge in [0, 0.05) is 10.2 Å². The van der Waals surface area contributed by atoms with E-state index in [1.165, 1.54) is 18.0 Å². The Morgan fingerprint density at radius 3 is 2.59 bits per heavy atom. The molecule has 0 saturated heterocycles. The molecule has 0 fully saturated rings. The lowest BCUT2D eigenvalue weighted by molar-refractivity contribution is -0.118. The summed E-state index contributed by atoms with van der Waals surface area (Å²) >= 11 is 12.3. The molecule has 0 radical (unpaired) electrons. The SMILES string of the molecule is CSCC[C@H](NC(=O)c1nc(SC)ncc1Cl)C(=O)Nc1ccc(Br)cc1. The van der Waals surface area contributed by atoms with Crippen LogP contribution in [-0.4, -0.2) is 46.1 Å². The highest BCUT2D eigenvalue weighted by Gasteiger charge is 2.23. The van der Waals surface area contributed by atoms with Gasteiger partial charge in [0.2, 0.25) is 5.91 Å². The van der Waals surface area contributed by atoms with E-state index in [4.69, 9.17) is 11.6 Å². The third-order valence-electron chi connectivity index (χ3n) is 3.46. The Labute approximate surface area is 179 Å². The first-order chi connectivity index (χ1) is 12.9. The van der Waals surface area contributed by atoms with Gasteiger partial charge in [0.25, 0.3) is 5.91 Å². The fraction of sp³-hybridized carbons (Fsp3) is 0.294. The van der Waals surface area contributed by atoms with Crippen molar-refractivity contribution >= 4 is 68.6 Å². The Morgan fingerprint density at radius 2 is 1.96 bits per heavy atom. The van der Waals surface area contributed by atoms with E-state index < -0.39 is 11.9 Å². The van der Waals surface area contributed by atoms with Crippen LogP contribution in [0.4, 0.5) is 5.69 Å². The predicted molar refractivity (Wildman–Crippen MR) is 116 cm³/mol. The number of halogens is 2. The van der Waals surface area contributed by atoms with Gasteiger partial charge >= 0.3 is 0 Å². The second kappa shape index (κ2) is 10.9. The Bertz CT molecular complexity index is 808. The van der Waals surface area contributed by atoms with E-state index in [-0.39, 0.29) is 16.6 Å². The van der Waals surface area contributed by atoms with Crippen molar-refractivity contribution in [2.45, 2.75) is 17.6 Å². The number of aromatic nitrogens is 2. The van der Waals surface area contributed by atoms with Crippen LogP contribution in [0.5, 0.6) is 0 Å². The molecule has 0 aliphatic rings. The average molecular weight is 490 g/mol. The van der Waals surface area contributed by atoms with Gasteiger partial charge in [-0.1, -0.05) is 39.3 Å². The lowest BCUT2D eigenvalue weighted by atomic mass is 10.2. The van der Waals surface area contributed by atoms with Crippen molar-refractivity contribution in [1.29, 1.82) is 0 Å². The smallest absolute Gasteiger partial charge is 0.272 e. The van der Waals surface area contributed by atoms with E-state index in [2.05, 4.69) is 36.5 Å². The van der Waals surface area contributed by atoms with Crippen molar-refractivity contribution in [2.75, 3.05) is 23.6 Å². The van der Waals surface area contributed by atoms with Gasteiger partial charge in [-0.25, -0.2) is 9.97 Å². The number of benzene rings is 1. The second-order valence-corrected chi connectivity index (χ2v) is 8.44. The highest BCUT2D eigenvalue weighted by atomic mass is 79.9. The maximum Gasteiger partial charge on any atom is 0.272 e. The predicted octanol–water partition coefficient (Wildman–Crippen LogP) is 4.10. The summed E-state index contributed by atoms with van der Waals surface area (Å²) in [5.41, 5.74) is 0.706. The molecule has 2 amide bonds. The molecule has 1 atom stereocenters. The van der Waals surface area contributed by atoms with E-state index >= 15 is 0 Å². The Balaban J connectivity index is 2.14. The van der Waals surface area contributed by atoms with Crippen LogP contribution >= 0.6 is 51.1 Å². The minimum atomic E-state index is -0.711. The third kappa shape index (κ3) is 6.67. The van der Waals surface area contributed by atoms with Crippen LogP contribution in [-0.2, 0) is 4.79 Å². The highest BCUT2D eigenvalue weighted by molar-refractivity contribution is 9.10. The third-order valence-corrected chi connectivity index (χ3v) is 5.47. The minimum Gasteiger partial charge on any atom is -0.339 e. The number of thioether (sulfide) groups is 2. The van der Waals surface area contributed by atoms with Crippen LogP contribution < -0.4 is 10.6 Å². The van der Waals surface area contributed by atoms with E-state index in [9.17, 15) is 9.59 Å². The van der Waals surface area contributed by atoms with E-state index in [0.717, 1.165) is 4.47 Å². The monoisotopic (exact) mass is 488 g/mol. The van der Waals surface area contributed by atoms with E-state index in [1.807, 2.05) is 18.4 Å². The molecule has 144 valence electrons. The van der Waals surface area contributed by atoms with Crippen molar-refractivity contribution in [3.05, 3.63) is 45.7 Å². The summed E-state index contributed by atoms with van der Waals surface area (Å²) in [5, 5.41) is 6.13. The number of hydrogen-bond donors (Lipinski definition) is 2. The van der Waals surface area contributed by atoms with E-state index in [1.54, 1.807) is 30.2 Å². The molecule has 2 aromatic rings. The molecule has 1 aromatic carbocycles. The van der Waals surface area contributed by atoms with Crippen LogP contribution in [0.2, 0.25) is 5.02 Å². The number of anilines is 1. The maximum absolute atomic E-state index is 12.7. The summed E-state index contributed by atoms with van der Waals surface area (Å²) in [4.78, 5) is 33.4. The first-order valence-electron chi connectivity index (χ1n) is 7.87. The van der Waals surface area contributed by atoms with E-state index in [0.29, 0.717) is 23.0 Å². The van der Waals surface area contributed by atoms with Gasteiger partial charge in [-0.3, -0.25) is 9.59 Å². The second-order valence-electron chi connectivity index (χ2n) is 5.36. The van der Waals surface area contributed by atoms with Gasteiger partial charge < -0.3 is 10.6 Å². The summed E-state index contributed by atoms with van der Waals surface area (Å²) in [6.45, 7) is 0.